The number of nitrogens with zero attached hydrogens (tertiary/aromatic N) is 1. The van der Waals surface area contributed by atoms with Crippen LogP contribution in [0.25, 0.3) is 0 Å². The fourth-order valence-corrected chi connectivity index (χ4v) is 5.68. The van der Waals surface area contributed by atoms with Gasteiger partial charge in [-0.3, -0.25) is 14.4 Å². The van der Waals surface area contributed by atoms with E-state index in [1.54, 1.807) is 4.90 Å². The van der Waals surface area contributed by atoms with Gasteiger partial charge in [-0.1, -0.05) is 19.8 Å². The first kappa shape index (κ1) is 22.0. The Hall–Kier alpha value is -2.26. The zero-order chi connectivity index (χ0) is 22.3. The van der Waals surface area contributed by atoms with Crippen LogP contribution in [0.1, 0.15) is 43.0 Å². The number of fused-ring (bicyclic) bond motifs is 1. The van der Waals surface area contributed by atoms with Crippen molar-refractivity contribution >= 4 is 27.4 Å². The molecule has 2 heterocycles. The maximum atomic E-state index is 13.5. The van der Waals surface area contributed by atoms with Gasteiger partial charge in [0, 0.05) is 24.3 Å². The van der Waals surface area contributed by atoms with E-state index in [-0.39, 0.29) is 46.7 Å². The standard InChI is InChI=1S/C22H28N2O6S/c1-13-11-24(19-17(25)12-30-20(13)19)22(27)18(14-5-3-4-6-14)23-21(26)15-7-9-16(10-8-15)31(2,28)29/h7-10,13-14,18-20H,3-6,11-12H2,1-2H3,(H,23,26)/t13-,18+,19-,20-/m1/s1. The summed E-state index contributed by atoms with van der Waals surface area (Å²) in [7, 11) is -3.36. The Balaban J connectivity index is 1.55. The molecule has 0 radical (unpaired) electrons. The minimum absolute atomic E-state index is 0.0125. The predicted molar refractivity (Wildman–Crippen MR) is 112 cm³/mol. The molecule has 8 nitrogen and oxygen atoms in total. The maximum absolute atomic E-state index is 13.5. The van der Waals surface area contributed by atoms with Crippen LogP contribution in [0, 0.1) is 11.8 Å². The molecule has 4 atom stereocenters. The summed E-state index contributed by atoms with van der Waals surface area (Å²) in [6.45, 7) is 2.43. The van der Waals surface area contributed by atoms with Crippen molar-refractivity contribution < 1.29 is 27.5 Å². The Labute approximate surface area is 182 Å². The van der Waals surface area contributed by atoms with Crippen LogP contribution < -0.4 is 5.32 Å². The summed E-state index contributed by atoms with van der Waals surface area (Å²) < 4.78 is 28.9. The fourth-order valence-electron chi connectivity index (χ4n) is 5.05. The quantitative estimate of drug-likeness (QED) is 0.725. The molecule has 2 aliphatic heterocycles. The number of ether oxygens (including phenoxy) is 1. The minimum Gasteiger partial charge on any atom is -0.367 e. The molecule has 1 aromatic carbocycles. The Morgan fingerprint density at radius 3 is 2.42 bits per heavy atom. The van der Waals surface area contributed by atoms with Crippen LogP contribution in [0.15, 0.2) is 29.2 Å². The monoisotopic (exact) mass is 448 g/mol. The van der Waals surface area contributed by atoms with E-state index in [0.29, 0.717) is 6.54 Å². The molecule has 1 aromatic rings. The molecule has 4 rings (SSSR count). The lowest BCUT2D eigenvalue weighted by molar-refractivity contribution is -0.139. The number of likely N-dealkylation sites (tertiary alicyclic amines) is 1. The van der Waals surface area contributed by atoms with Crippen LogP contribution >= 0.6 is 0 Å². The van der Waals surface area contributed by atoms with Gasteiger partial charge in [0.15, 0.2) is 15.6 Å². The normalized spacial score (nSPS) is 27.4. The molecule has 9 heteroatoms. The topological polar surface area (TPSA) is 110 Å². The van der Waals surface area contributed by atoms with Gasteiger partial charge in [0.05, 0.1) is 11.0 Å². The molecule has 0 bridgehead atoms. The lowest BCUT2D eigenvalue weighted by Crippen LogP contribution is -2.54. The summed E-state index contributed by atoms with van der Waals surface area (Å²) in [6.07, 6.45) is 4.50. The second-order valence-corrected chi connectivity index (χ2v) is 11.0. The molecular weight excluding hydrogens is 420 g/mol. The van der Waals surface area contributed by atoms with Crippen LogP contribution in [-0.2, 0) is 24.2 Å². The maximum Gasteiger partial charge on any atom is 0.251 e. The van der Waals surface area contributed by atoms with Gasteiger partial charge in [-0.15, -0.1) is 0 Å². The van der Waals surface area contributed by atoms with Crippen LogP contribution in [-0.4, -0.2) is 68.5 Å². The highest BCUT2D eigenvalue weighted by molar-refractivity contribution is 7.90. The number of amides is 2. The third-order valence-corrected chi connectivity index (χ3v) is 7.82. The molecule has 31 heavy (non-hydrogen) atoms. The van der Waals surface area contributed by atoms with Crippen molar-refractivity contribution in [3.05, 3.63) is 29.8 Å². The zero-order valence-electron chi connectivity index (χ0n) is 17.7. The number of rotatable bonds is 5. The summed E-state index contributed by atoms with van der Waals surface area (Å²) in [6, 6.07) is 4.38. The van der Waals surface area contributed by atoms with Gasteiger partial charge in [-0.2, -0.15) is 0 Å². The molecule has 1 N–H and O–H groups in total. The van der Waals surface area contributed by atoms with Gasteiger partial charge >= 0.3 is 0 Å². The van der Waals surface area contributed by atoms with E-state index >= 15 is 0 Å². The number of carbonyl (C=O) groups is 3. The minimum atomic E-state index is -3.36. The SMILES string of the molecule is C[C@@H]1CN(C(=O)[C@@H](NC(=O)c2ccc(S(C)(=O)=O)cc2)C2CCCC2)[C@@H]2C(=O)CO[C@H]12. The molecule has 0 unspecified atom stereocenters. The number of hydrogen-bond donors (Lipinski definition) is 1. The summed E-state index contributed by atoms with van der Waals surface area (Å²) in [5, 5.41) is 2.89. The summed E-state index contributed by atoms with van der Waals surface area (Å²) in [5.74, 6) is -0.674. The van der Waals surface area contributed by atoms with Gasteiger partial charge in [-0.25, -0.2) is 8.42 Å². The number of nitrogens with one attached hydrogen (secondary N) is 1. The molecule has 3 fully saturated rings. The third-order valence-electron chi connectivity index (χ3n) is 6.69. The first-order valence-corrected chi connectivity index (χ1v) is 12.6. The fraction of sp³-hybridized carbons (Fsp3) is 0.591. The van der Waals surface area contributed by atoms with Crippen molar-refractivity contribution in [2.75, 3.05) is 19.4 Å². The summed E-state index contributed by atoms with van der Waals surface area (Å²) in [5.41, 5.74) is 0.288. The van der Waals surface area contributed by atoms with E-state index in [1.807, 2.05) is 6.92 Å². The van der Waals surface area contributed by atoms with E-state index in [4.69, 9.17) is 4.74 Å². The third kappa shape index (κ3) is 4.25. The van der Waals surface area contributed by atoms with Crippen molar-refractivity contribution in [2.45, 2.75) is 55.7 Å². The van der Waals surface area contributed by atoms with Gasteiger partial charge in [-0.05, 0) is 43.0 Å². The van der Waals surface area contributed by atoms with Crippen molar-refractivity contribution in [1.29, 1.82) is 0 Å². The molecule has 2 saturated heterocycles. The Kier molecular flexibility index (Phi) is 5.91. The Morgan fingerprint density at radius 2 is 1.81 bits per heavy atom. The highest BCUT2D eigenvalue weighted by atomic mass is 32.2. The molecule has 0 aromatic heterocycles. The molecule has 3 aliphatic rings. The summed E-state index contributed by atoms with van der Waals surface area (Å²) >= 11 is 0. The van der Waals surface area contributed by atoms with Gasteiger partial charge in [0.1, 0.15) is 18.7 Å². The van der Waals surface area contributed by atoms with E-state index in [9.17, 15) is 22.8 Å². The first-order chi connectivity index (χ1) is 14.7. The second kappa shape index (κ2) is 8.35. The number of ketones is 1. The lowest BCUT2D eigenvalue weighted by Gasteiger charge is -2.30. The van der Waals surface area contributed by atoms with Crippen molar-refractivity contribution in [1.82, 2.24) is 10.2 Å². The summed E-state index contributed by atoms with van der Waals surface area (Å²) in [4.78, 5) is 40.6. The predicted octanol–water partition coefficient (Wildman–Crippen LogP) is 1.19. The van der Waals surface area contributed by atoms with Crippen LogP contribution in [0.4, 0.5) is 0 Å². The molecule has 168 valence electrons. The van der Waals surface area contributed by atoms with Gasteiger partial charge < -0.3 is 15.0 Å². The average molecular weight is 449 g/mol. The van der Waals surface area contributed by atoms with Crippen LogP contribution in [0.2, 0.25) is 0 Å². The highest BCUT2D eigenvalue weighted by Crippen LogP contribution is 2.34. The second-order valence-electron chi connectivity index (χ2n) is 8.95. The number of Topliss-reactive ketones (excluding diaryl/α,β-unsaturated/α-hetero) is 1. The lowest BCUT2D eigenvalue weighted by atomic mass is 9.95. The largest absolute Gasteiger partial charge is 0.367 e. The number of sulfone groups is 1. The first-order valence-electron chi connectivity index (χ1n) is 10.7. The molecular formula is C22H28N2O6S. The van der Waals surface area contributed by atoms with Crippen LogP contribution in [0.3, 0.4) is 0 Å². The van der Waals surface area contributed by atoms with Crippen molar-refractivity contribution in [3.63, 3.8) is 0 Å². The Morgan fingerprint density at radius 1 is 1.16 bits per heavy atom. The van der Waals surface area contributed by atoms with E-state index in [0.717, 1.165) is 31.9 Å². The van der Waals surface area contributed by atoms with Gasteiger partial charge in [0.25, 0.3) is 5.91 Å². The van der Waals surface area contributed by atoms with Crippen molar-refractivity contribution in [2.24, 2.45) is 11.8 Å². The highest BCUT2D eigenvalue weighted by Gasteiger charge is 2.52. The van der Waals surface area contributed by atoms with E-state index < -0.39 is 27.8 Å². The number of hydrogen-bond acceptors (Lipinski definition) is 6. The number of carbonyl (C=O) groups excluding carboxylic acids is 3. The molecule has 1 aliphatic carbocycles. The average Bonchev–Trinajstić information content (AvgIpc) is 3.45. The Bertz CT molecular complexity index is 984. The van der Waals surface area contributed by atoms with Crippen LogP contribution in [0.5, 0.6) is 0 Å². The molecule has 1 saturated carbocycles. The van der Waals surface area contributed by atoms with E-state index in [2.05, 4.69) is 5.32 Å². The number of benzene rings is 1. The van der Waals surface area contributed by atoms with Crippen molar-refractivity contribution in [3.8, 4) is 0 Å². The molecule has 0 spiro atoms. The van der Waals surface area contributed by atoms with E-state index in [1.165, 1.54) is 24.3 Å². The smallest absolute Gasteiger partial charge is 0.251 e. The van der Waals surface area contributed by atoms with Gasteiger partial charge in [0.2, 0.25) is 5.91 Å². The zero-order valence-corrected chi connectivity index (χ0v) is 18.6. The molecule has 2 amide bonds.